The van der Waals surface area contributed by atoms with E-state index in [4.69, 9.17) is 11.6 Å². The number of esters is 1. The van der Waals surface area contributed by atoms with Crippen LogP contribution in [0, 0.1) is 0 Å². The summed E-state index contributed by atoms with van der Waals surface area (Å²) in [4.78, 5) is 41.9. The minimum atomic E-state index is -0.521. The van der Waals surface area contributed by atoms with Gasteiger partial charge in [0, 0.05) is 16.8 Å². The quantitative estimate of drug-likeness (QED) is 0.452. The van der Waals surface area contributed by atoms with Gasteiger partial charge in [-0.3, -0.25) is 14.4 Å². The zero-order valence-electron chi connectivity index (χ0n) is 13.5. The number of aromatic nitrogens is 2. The summed E-state index contributed by atoms with van der Waals surface area (Å²) in [6, 6.07) is 7.94. The Hall–Kier alpha value is -2.32. The second-order valence-electron chi connectivity index (χ2n) is 5.05. The zero-order chi connectivity index (χ0) is 18.4. The van der Waals surface area contributed by atoms with Gasteiger partial charge in [0.25, 0.3) is 5.56 Å². The van der Waals surface area contributed by atoms with Crippen LogP contribution in [0.15, 0.2) is 40.3 Å². The Morgan fingerprint density at radius 3 is 2.68 bits per heavy atom. The Labute approximate surface area is 153 Å². The molecule has 1 aromatic heterocycles. The fraction of sp³-hybridized carbons (Fsp3) is 0.250. The minimum absolute atomic E-state index is 0.112. The molecule has 1 atom stereocenters. The monoisotopic (exact) mass is 381 g/mol. The van der Waals surface area contributed by atoms with E-state index in [1.165, 1.54) is 13.2 Å². The van der Waals surface area contributed by atoms with E-state index in [1.54, 1.807) is 31.2 Å². The summed E-state index contributed by atoms with van der Waals surface area (Å²) >= 11 is 6.88. The average Bonchev–Trinajstić information content (AvgIpc) is 2.56. The lowest BCUT2D eigenvalue weighted by Gasteiger charge is -2.12. The molecular weight excluding hydrogens is 366 g/mol. The highest BCUT2D eigenvalue weighted by molar-refractivity contribution is 8.00. The highest BCUT2D eigenvalue weighted by atomic mass is 35.5. The van der Waals surface area contributed by atoms with E-state index in [0.717, 1.165) is 11.8 Å². The predicted octanol–water partition coefficient (Wildman–Crippen LogP) is 2.26. The van der Waals surface area contributed by atoms with E-state index >= 15 is 0 Å². The maximum atomic E-state index is 12.2. The van der Waals surface area contributed by atoms with Crippen molar-refractivity contribution in [1.82, 2.24) is 9.97 Å². The van der Waals surface area contributed by atoms with Crippen molar-refractivity contribution in [2.75, 3.05) is 12.4 Å². The second kappa shape index (κ2) is 8.68. The molecule has 0 saturated carbocycles. The van der Waals surface area contributed by atoms with Gasteiger partial charge in [0.2, 0.25) is 5.91 Å². The number of amides is 1. The minimum Gasteiger partial charge on any atom is -0.469 e. The average molecular weight is 382 g/mol. The molecule has 0 aliphatic carbocycles. The van der Waals surface area contributed by atoms with Crippen LogP contribution in [0.2, 0.25) is 5.02 Å². The first-order valence-electron chi connectivity index (χ1n) is 7.27. The van der Waals surface area contributed by atoms with Crippen molar-refractivity contribution in [3.05, 3.63) is 51.4 Å². The molecule has 0 bridgehead atoms. The van der Waals surface area contributed by atoms with Gasteiger partial charge in [-0.05, 0) is 31.2 Å². The van der Waals surface area contributed by atoms with Crippen molar-refractivity contribution >= 4 is 40.9 Å². The van der Waals surface area contributed by atoms with Crippen LogP contribution < -0.4 is 10.9 Å². The number of methoxy groups -OCH3 is 1. The first-order chi connectivity index (χ1) is 11.9. The van der Waals surface area contributed by atoms with Crippen molar-refractivity contribution in [3.8, 4) is 0 Å². The molecule has 25 heavy (non-hydrogen) atoms. The summed E-state index contributed by atoms with van der Waals surface area (Å²) < 4.78 is 4.56. The van der Waals surface area contributed by atoms with Gasteiger partial charge >= 0.3 is 5.97 Å². The Morgan fingerprint density at radius 1 is 1.36 bits per heavy atom. The third-order valence-electron chi connectivity index (χ3n) is 3.10. The largest absolute Gasteiger partial charge is 0.469 e. The van der Waals surface area contributed by atoms with E-state index in [0.29, 0.717) is 10.7 Å². The standard InChI is InChI=1S/C16H16ClN3O4S/c1-9(15(23)18-11-5-3-10(17)4-6-11)25-16-19-12(7-13(21)20-16)8-14(22)24-2/h3-7,9H,8H2,1-2H3,(H,18,23)(H,19,20,21)/t9-/m0/s1. The number of nitrogens with zero attached hydrogens (tertiary/aromatic N) is 1. The van der Waals surface area contributed by atoms with E-state index in [9.17, 15) is 14.4 Å². The van der Waals surface area contributed by atoms with E-state index < -0.39 is 16.8 Å². The van der Waals surface area contributed by atoms with E-state index in [-0.39, 0.29) is 23.2 Å². The van der Waals surface area contributed by atoms with Crippen LogP contribution >= 0.6 is 23.4 Å². The Bertz CT molecular complexity index is 823. The van der Waals surface area contributed by atoms with Crippen LogP contribution in [0.4, 0.5) is 5.69 Å². The molecule has 0 spiro atoms. The number of hydrogen-bond donors (Lipinski definition) is 2. The first kappa shape index (κ1) is 19.0. The molecule has 1 heterocycles. The fourth-order valence-corrected chi connectivity index (χ4v) is 2.80. The van der Waals surface area contributed by atoms with Crippen LogP contribution in [0.1, 0.15) is 12.6 Å². The molecule has 2 N–H and O–H groups in total. The van der Waals surface area contributed by atoms with Crippen LogP contribution in [0.5, 0.6) is 0 Å². The van der Waals surface area contributed by atoms with Crippen molar-refractivity contribution in [2.24, 2.45) is 0 Å². The summed E-state index contributed by atoms with van der Waals surface area (Å²) in [5, 5.41) is 3.05. The summed E-state index contributed by atoms with van der Waals surface area (Å²) in [6.45, 7) is 1.68. The van der Waals surface area contributed by atoms with Crippen molar-refractivity contribution in [1.29, 1.82) is 0 Å². The summed E-state index contributed by atoms with van der Waals surface area (Å²) in [5.74, 6) is -0.754. The molecule has 0 fully saturated rings. The van der Waals surface area contributed by atoms with Crippen molar-refractivity contribution < 1.29 is 14.3 Å². The van der Waals surface area contributed by atoms with Crippen molar-refractivity contribution in [2.45, 2.75) is 23.8 Å². The number of hydrogen-bond acceptors (Lipinski definition) is 6. The number of aromatic amines is 1. The number of nitrogens with one attached hydrogen (secondary N) is 2. The van der Waals surface area contributed by atoms with Gasteiger partial charge in [0.15, 0.2) is 5.16 Å². The number of anilines is 1. The van der Waals surface area contributed by atoms with E-state index in [1.807, 2.05) is 0 Å². The number of thioether (sulfide) groups is 1. The number of ether oxygens (including phenoxy) is 1. The van der Waals surface area contributed by atoms with Crippen LogP contribution in [-0.4, -0.2) is 34.2 Å². The molecule has 2 aromatic rings. The first-order valence-corrected chi connectivity index (χ1v) is 8.53. The highest BCUT2D eigenvalue weighted by Gasteiger charge is 2.17. The smallest absolute Gasteiger partial charge is 0.311 e. The molecule has 2 rings (SSSR count). The molecule has 0 aliphatic heterocycles. The Balaban J connectivity index is 2.04. The summed E-state index contributed by atoms with van der Waals surface area (Å²) in [6.07, 6.45) is -0.112. The molecular formula is C16H16ClN3O4S. The molecule has 132 valence electrons. The number of carbonyl (C=O) groups excluding carboxylic acids is 2. The lowest BCUT2D eigenvalue weighted by atomic mass is 10.3. The summed E-state index contributed by atoms with van der Waals surface area (Å²) in [7, 11) is 1.26. The van der Waals surface area contributed by atoms with Gasteiger partial charge in [-0.2, -0.15) is 0 Å². The second-order valence-corrected chi connectivity index (χ2v) is 6.82. The Morgan fingerprint density at radius 2 is 2.04 bits per heavy atom. The predicted molar refractivity (Wildman–Crippen MR) is 96.0 cm³/mol. The number of benzene rings is 1. The third-order valence-corrected chi connectivity index (χ3v) is 4.33. The summed E-state index contributed by atoms with van der Waals surface area (Å²) in [5.41, 5.74) is 0.493. The topological polar surface area (TPSA) is 101 Å². The third kappa shape index (κ3) is 5.91. The normalized spacial score (nSPS) is 11.6. The maximum absolute atomic E-state index is 12.2. The molecule has 0 unspecified atom stereocenters. The lowest BCUT2D eigenvalue weighted by molar-refractivity contribution is -0.139. The van der Waals surface area contributed by atoms with Gasteiger partial charge < -0.3 is 15.0 Å². The van der Waals surface area contributed by atoms with Crippen molar-refractivity contribution in [3.63, 3.8) is 0 Å². The Kier molecular flexibility index (Phi) is 6.60. The van der Waals surface area contributed by atoms with Crippen LogP contribution in [0.3, 0.4) is 0 Å². The maximum Gasteiger partial charge on any atom is 0.311 e. The molecule has 0 aliphatic rings. The van der Waals surface area contributed by atoms with Gasteiger partial charge in [0.05, 0.1) is 24.5 Å². The molecule has 1 amide bonds. The van der Waals surface area contributed by atoms with Crippen LogP contribution in [0.25, 0.3) is 0 Å². The zero-order valence-corrected chi connectivity index (χ0v) is 15.1. The van der Waals surface area contributed by atoms with E-state index in [2.05, 4.69) is 20.0 Å². The molecule has 0 radical (unpaired) electrons. The van der Waals surface area contributed by atoms with Gasteiger partial charge in [-0.25, -0.2) is 4.98 Å². The number of halogens is 1. The number of carbonyl (C=O) groups is 2. The fourth-order valence-electron chi connectivity index (χ4n) is 1.85. The lowest BCUT2D eigenvalue weighted by Crippen LogP contribution is -2.23. The molecule has 1 aromatic carbocycles. The van der Waals surface area contributed by atoms with Gasteiger partial charge in [-0.1, -0.05) is 23.4 Å². The number of rotatable bonds is 6. The molecule has 7 nitrogen and oxygen atoms in total. The molecule has 0 saturated heterocycles. The molecule has 9 heteroatoms. The van der Waals surface area contributed by atoms with Crippen LogP contribution in [-0.2, 0) is 20.7 Å². The number of H-pyrrole nitrogens is 1. The SMILES string of the molecule is COC(=O)Cc1cc(=O)[nH]c(S[C@@H](C)C(=O)Nc2ccc(Cl)cc2)n1. The van der Waals surface area contributed by atoms with Gasteiger partial charge in [-0.15, -0.1) is 0 Å². The van der Waals surface area contributed by atoms with Gasteiger partial charge in [0.1, 0.15) is 0 Å². The highest BCUT2D eigenvalue weighted by Crippen LogP contribution is 2.21.